The van der Waals surface area contributed by atoms with Gasteiger partial charge < -0.3 is 9.47 Å². The topological polar surface area (TPSA) is 31.4 Å². The van der Waals surface area contributed by atoms with Crippen LogP contribution in [0, 0.1) is 0 Å². The molecular formula is C10H11NO2. The zero-order chi connectivity index (χ0) is 9.10. The Morgan fingerprint density at radius 3 is 2.92 bits per heavy atom. The maximum atomic E-state index is 5.35. The highest BCUT2D eigenvalue weighted by Crippen LogP contribution is 2.24. The Morgan fingerprint density at radius 1 is 1.46 bits per heavy atom. The van der Waals surface area contributed by atoms with E-state index in [1.165, 1.54) is 0 Å². The van der Waals surface area contributed by atoms with Crippen molar-refractivity contribution in [3.05, 3.63) is 36.2 Å². The molecule has 0 aromatic carbocycles. The Labute approximate surface area is 77.0 Å². The molecule has 3 nitrogen and oxygen atoms in total. The average molecular weight is 177 g/mol. The number of hydrogen-bond donors (Lipinski definition) is 0. The highest BCUT2D eigenvalue weighted by Gasteiger charge is 2.21. The first-order chi connectivity index (χ1) is 6.42. The van der Waals surface area contributed by atoms with Crippen LogP contribution in [-0.4, -0.2) is 18.2 Å². The van der Waals surface area contributed by atoms with Crippen LogP contribution in [0.2, 0.25) is 0 Å². The van der Waals surface area contributed by atoms with Gasteiger partial charge in [0, 0.05) is 11.8 Å². The van der Waals surface area contributed by atoms with Gasteiger partial charge in [-0.25, -0.2) is 0 Å². The fourth-order valence-electron chi connectivity index (χ4n) is 1.32. The van der Waals surface area contributed by atoms with Crippen LogP contribution in [0.4, 0.5) is 0 Å². The van der Waals surface area contributed by atoms with Crippen LogP contribution in [0.3, 0.4) is 0 Å². The molecule has 1 aliphatic rings. The smallest absolute Gasteiger partial charge is 0.201 e. The summed E-state index contributed by atoms with van der Waals surface area (Å²) >= 11 is 0. The Hall–Kier alpha value is -1.19. The monoisotopic (exact) mass is 177 g/mol. The van der Waals surface area contributed by atoms with Crippen molar-refractivity contribution in [3.8, 4) is 0 Å². The van der Waals surface area contributed by atoms with E-state index in [-0.39, 0.29) is 6.29 Å². The lowest BCUT2D eigenvalue weighted by molar-refractivity contribution is -0.0474. The van der Waals surface area contributed by atoms with Crippen LogP contribution in [0.1, 0.15) is 17.5 Å². The van der Waals surface area contributed by atoms with E-state index >= 15 is 0 Å². The first-order valence-electron chi connectivity index (χ1n) is 4.22. The molecule has 3 heteroatoms. The lowest BCUT2D eigenvalue weighted by Gasteiger charge is -2.10. The van der Waals surface area contributed by atoms with Crippen LogP contribution in [0.5, 0.6) is 0 Å². The minimum absolute atomic E-state index is 0.311. The normalized spacial score (nSPS) is 17.5. The molecular weight excluding hydrogens is 166 g/mol. The van der Waals surface area contributed by atoms with Crippen LogP contribution >= 0.6 is 0 Å². The van der Waals surface area contributed by atoms with Crippen molar-refractivity contribution in [1.29, 1.82) is 0 Å². The molecule has 1 aliphatic heterocycles. The highest BCUT2D eigenvalue weighted by molar-refractivity contribution is 5.49. The largest absolute Gasteiger partial charge is 0.345 e. The van der Waals surface area contributed by atoms with Gasteiger partial charge in [-0.05, 0) is 6.07 Å². The van der Waals surface area contributed by atoms with Crippen molar-refractivity contribution in [2.24, 2.45) is 0 Å². The van der Waals surface area contributed by atoms with E-state index in [9.17, 15) is 0 Å². The zero-order valence-corrected chi connectivity index (χ0v) is 7.27. The predicted molar refractivity (Wildman–Crippen MR) is 49.0 cm³/mol. The molecule has 0 bridgehead atoms. The molecule has 0 saturated carbocycles. The molecule has 0 atom stereocenters. The minimum Gasteiger partial charge on any atom is -0.345 e. The highest BCUT2D eigenvalue weighted by atomic mass is 16.7. The summed E-state index contributed by atoms with van der Waals surface area (Å²) in [7, 11) is 0. The third-order valence-electron chi connectivity index (χ3n) is 1.94. The van der Waals surface area contributed by atoms with Crippen molar-refractivity contribution in [2.75, 3.05) is 13.2 Å². The molecule has 2 heterocycles. The summed E-state index contributed by atoms with van der Waals surface area (Å²) in [5.74, 6) is 0. The van der Waals surface area contributed by atoms with Gasteiger partial charge in [0.15, 0.2) is 0 Å². The van der Waals surface area contributed by atoms with Gasteiger partial charge in [0.05, 0.1) is 13.2 Å². The van der Waals surface area contributed by atoms with Crippen molar-refractivity contribution in [1.82, 2.24) is 4.98 Å². The molecule has 0 radical (unpaired) electrons. The third kappa shape index (κ3) is 1.61. The molecule has 1 fully saturated rings. The summed E-state index contributed by atoms with van der Waals surface area (Å²) in [5, 5.41) is 0. The number of aromatic nitrogens is 1. The molecule has 0 spiro atoms. The molecule has 13 heavy (non-hydrogen) atoms. The summed E-state index contributed by atoms with van der Waals surface area (Å²) in [6.45, 7) is 4.99. The summed E-state index contributed by atoms with van der Waals surface area (Å²) in [6.07, 6.45) is 3.18. The van der Waals surface area contributed by atoms with E-state index in [0.29, 0.717) is 13.2 Å². The standard InChI is InChI=1S/C10H11NO2/c1-2-8-4-3-5-11-9(8)10-12-6-7-13-10/h2-5,10H,1,6-7H2. The van der Waals surface area contributed by atoms with Gasteiger partial charge in [-0.3, -0.25) is 4.98 Å². The molecule has 1 aromatic rings. The van der Waals surface area contributed by atoms with Crippen molar-refractivity contribution >= 4 is 6.08 Å². The minimum atomic E-state index is -0.311. The molecule has 0 aliphatic carbocycles. The van der Waals surface area contributed by atoms with Gasteiger partial charge in [-0.15, -0.1) is 0 Å². The fourth-order valence-corrected chi connectivity index (χ4v) is 1.32. The van der Waals surface area contributed by atoms with Crippen molar-refractivity contribution < 1.29 is 9.47 Å². The maximum Gasteiger partial charge on any atom is 0.201 e. The Bertz CT molecular complexity index is 306. The van der Waals surface area contributed by atoms with E-state index in [2.05, 4.69) is 11.6 Å². The molecule has 1 saturated heterocycles. The molecule has 1 aromatic heterocycles. The summed E-state index contributed by atoms with van der Waals surface area (Å²) in [6, 6.07) is 3.82. The van der Waals surface area contributed by atoms with Gasteiger partial charge in [0.2, 0.25) is 6.29 Å². The Kier molecular flexibility index (Phi) is 2.38. The van der Waals surface area contributed by atoms with Gasteiger partial charge in [-0.2, -0.15) is 0 Å². The van der Waals surface area contributed by atoms with E-state index in [1.54, 1.807) is 12.3 Å². The molecule has 0 amide bonds. The Balaban J connectivity index is 2.31. The zero-order valence-electron chi connectivity index (χ0n) is 7.27. The van der Waals surface area contributed by atoms with E-state index in [1.807, 2.05) is 12.1 Å². The van der Waals surface area contributed by atoms with E-state index in [4.69, 9.17) is 9.47 Å². The van der Waals surface area contributed by atoms with Crippen molar-refractivity contribution in [3.63, 3.8) is 0 Å². The van der Waals surface area contributed by atoms with E-state index < -0.39 is 0 Å². The summed E-state index contributed by atoms with van der Waals surface area (Å²) < 4.78 is 10.7. The molecule has 0 unspecified atom stereocenters. The van der Waals surface area contributed by atoms with Gasteiger partial charge in [-0.1, -0.05) is 18.7 Å². The van der Waals surface area contributed by atoms with Crippen LogP contribution in [0.25, 0.3) is 6.08 Å². The first kappa shape index (κ1) is 8.41. The number of rotatable bonds is 2. The molecule has 2 rings (SSSR count). The second kappa shape index (κ2) is 3.68. The van der Waals surface area contributed by atoms with Gasteiger partial charge in [0.1, 0.15) is 5.69 Å². The quantitative estimate of drug-likeness (QED) is 0.689. The van der Waals surface area contributed by atoms with Crippen molar-refractivity contribution in [2.45, 2.75) is 6.29 Å². The SMILES string of the molecule is C=Cc1cccnc1C1OCCO1. The molecule has 68 valence electrons. The number of nitrogens with zero attached hydrogens (tertiary/aromatic N) is 1. The molecule has 0 N–H and O–H groups in total. The number of pyridine rings is 1. The fraction of sp³-hybridized carbons (Fsp3) is 0.300. The number of hydrogen-bond acceptors (Lipinski definition) is 3. The van der Waals surface area contributed by atoms with Crippen LogP contribution in [-0.2, 0) is 9.47 Å². The summed E-state index contributed by atoms with van der Waals surface area (Å²) in [4.78, 5) is 4.21. The average Bonchev–Trinajstić information content (AvgIpc) is 2.70. The lowest BCUT2D eigenvalue weighted by atomic mass is 10.2. The van der Waals surface area contributed by atoms with Crippen LogP contribution < -0.4 is 0 Å². The first-order valence-corrected chi connectivity index (χ1v) is 4.22. The third-order valence-corrected chi connectivity index (χ3v) is 1.94. The summed E-state index contributed by atoms with van der Waals surface area (Å²) in [5.41, 5.74) is 1.78. The van der Waals surface area contributed by atoms with Gasteiger partial charge in [0.25, 0.3) is 0 Å². The lowest BCUT2D eigenvalue weighted by Crippen LogP contribution is -2.03. The second-order valence-corrected chi connectivity index (χ2v) is 2.76. The Morgan fingerprint density at radius 2 is 2.23 bits per heavy atom. The maximum absolute atomic E-state index is 5.35. The number of ether oxygens (including phenoxy) is 2. The van der Waals surface area contributed by atoms with E-state index in [0.717, 1.165) is 11.3 Å². The predicted octanol–water partition coefficient (Wildman–Crippen LogP) is 1.77. The van der Waals surface area contributed by atoms with Gasteiger partial charge >= 0.3 is 0 Å². The second-order valence-electron chi connectivity index (χ2n) is 2.76. The van der Waals surface area contributed by atoms with Crippen LogP contribution in [0.15, 0.2) is 24.9 Å².